The van der Waals surface area contributed by atoms with Crippen molar-refractivity contribution in [3.05, 3.63) is 0 Å². The molecule has 22 heavy (non-hydrogen) atoms. The Balaban J connectivity index is 4.67. The summed E-state index contributed by atoms with van der Waals surface area (Å²) in [5.41, 5.74) is -0.844. The highest BCUT2D eigenvalue weighted by atomic mass is 16.7. The van der Waals surface area contributed by atoms with Crippen molar-refractivity contribution in [2.75, 3.05) is 28.4 Å². The van der Waals surface area contributed by atoms with E-state index in [2.05, 4.69) is 0 Å². The second kappa shape index (κ2) is 9.60. The number of rotatable bonds is 12. The standard InChI is InChI=1S/C17H34O5/c1-16(2,11-9-13(19-5)20-6)15(18)17(3,4)12-10-14(21-7)22-8/h13-14H,9-12H2,1-8H3. The molecule has 0 atom stereocenters. The van der Waals surface area contributed by atoms with E-state index in [4.69, 9.17) is 18.9 Å². The van der Waals surface area contributed by atoms with E-state index in [1.807, 2.05) is 27.7 Å². The highest BCUT2D eigenvalue weighted by molar-refractivity contribution is 5.89. The van der Waals surface area contributed by atoms with Gasteiger partial charge in [-0.1, -0.05) is 27.7 Å². The molecule has 0 saturated carbocycles. The minimum absolute atomic E-state index is 0.247. The summed E-state index contributed by atoms with van der Waals surface area (Å²) in [6, 6.07) is 0. The molecule has 0 aliphatic heterocycles. The first-order chi connectivity index (χ1) is 10.1. The molecular weight excluding hydrogens is 284 g/mol. The van der Waals surface area contributed by atoms with Gasteiger partial charge in [0.2, 0.25) is 0 Å². The lowest BCUT2D eigenvalue weighted by molar-refractivity contribution is -0.142. The molecule has 0 unspecified atom stereocenters. The van der Waals surface area contributed by atoms with Crippen molar-refractivity contribution in [1.29, 1.82) is 0 Å². The summed E-state index contributed by atoms with van der Waals surface area (Å²) in [6.07, 6.45) is 2.31. The maximum absolute atomic E-state index is 12.9. The normalized spacial score (nSPS) is 13.2. The van der Waals surface area contributed by atoms with E-state index in [9.17, 15) is 4.79 Å². The topological polar surface area (TPSA) is 54.0 Å². The van der Waals surface area contributed by atoms with Gasteiger partial charge >= 0.3 is 0 Å². The van der Waals surface area contributed by atoms with Gasteiger partial charge in [0.15, 0.2) is 12.6 Å². The quantitative estimate of drug-likeness (QED) is 0.516. The molecule has 132 valence electrons. The smallest absolute Gasteiger partial charge is 0.156 e. The number of methoxy groups -OCH3 is 4. The van der Waals surface area contributed by atoms with Crippen LogP contribution in [0.2, 0.25) is 0 Å². The molecule has 0 rings (SSSR count). The third kappa shape index (κ3) is 6.73. The summed E-state index contributed by atoms with van der Waals surface area (Å²) in [4.78, 5) is 12.9. The van der Waals surface area contributed by atoms with Crippen LogP contribution in [-0.2, 0) is 23.7 Å². The molecule has 0 radical (unpaired) electrons. The van der Waals surface area contributed by atoms with Crippen molar-refractivity contribution in [2.24, 2.45) is 10.8 Å². The summed E-state index contributed by atoms with van der Waals surface area (Å²) in [5.74, 6) is 0.247. The molecule has 0 saturated heterocycles. The first-order valence-electron chi connectivity index (χ1n) is 7.80. The van der Waals surface area contributed by atoms with Crippen molar-refractivity contribution in [3.63, 3.8) is 0 Å². The highest BCUT2D eigenvalue weighted by Crippen LogP contribution is 2.37. The fourth-order valence-corrected chi connectivity index (χ4v) is 2.76. The molecule has 0 amide bonds. The van der Waals surface area contributed by atoms with Gasteiger partial charge in [-0.2, -0.15) is 0 Å². The Labute approximate surface area is 135 Å². The number of hydrogen-bond acceptors (Lipinski definition) is 5. The molecule has 0 aliphatic rings. The van der Waals surface area contributed by atoms with Crippen LogP contribution in [0.4, 0.5) is 0 Å². The molecule has 5 nitrogen and oxygen atoms in total. The van der Waals surface area contributed by atoms with Crippen LogP contribution in [0.5, 0.6) is 0 Å². The monoisotopic (exact) mass is 318 g/mol. The SMILES string of the molecule is COC(CCC(C)(C)C(=O)C(C)(C)CCC(OC)OC)OC. The highest BCUT2D eigenvalue weighted by Gasteiger charge is 2.39. The van der Waals surface area contributed by atoms with Crippen LogP contribution in [0, 0.1) is 10.8 Å². The van der Waals surface area contributed by atoms with Crippen LogP contribution < -0.4 is 0 Å². The predicted octanol–water partition coefficient (Wildman–Crippen LogP) is 3.41. The minimum atomic E-state index is -0.422. The van der Waals surface area contributed by atoms with Gasteiger partial charge in [-0.05, 0) is 25.7 Å². The lowest BCUT2D eigenvalue weighted by Crippen LogP contribution is -2.38. The Morgan fingerprint density at radius 2 is 1.00 bits per heavy atom. The minimum Gasteiger partial charge on any atom is -0.356 e. The third-order valence-corrected chi connectivity index (χ3v) is 4.29. The maximum atomic E-state index is 12.9. The van der Waals surface area contributed by atoms with Crippen molar-refractivity contribution in [2.45, 2.75) is 66.0 Å². The Bertz CT molecular complexity index is 287. The number of hydrogen-bond donors (Lipinski definition) is 0. The van der Waals surface area contributed by atoms with Crippen molar-refractivity contribution in [3.8, 4) is 0 Å². The van der Waals surface area contributed by atoms with E-state index in [0.717, 1.165) is 12.8 Å². The molecule has 0 bridgehead atoms. The van der Waals surface area contributed by atoms with E-state index in [-0.39, 0.29) is 18.4 Å². The molecule has 0 aromatic rings. The summed E-state index contributed by atoms with van der Waals surface area (Å²) < 4.78 is 20.8. The van der Waals surface area contributed by atoms with Gasteiger partial charge in [-0.15, -0.1) is 0 Å². The number of ether oxygens (including phenoxy) is 4. The van der Waals surface area contributed by atoms with E-state index < -0.39 is 10.8 Å². The van der Waals surface area contributed by atoms with Crippen LogP contribution in [0.1, 0.15) is 53.4 Å². The van der Waals surface area contributed by atoms with E-state index >= 15 is 0 Å². The number of carbonyl (C=O) groups is 1. The lowest BCUT2D eigenvalue weighted by atomic mass is 9.69. The zero-order valence-electron chi connectivity index (χ0n) is 15.5. The fourth-order valence-electron chi connectivity index (χ4n) is 2.76. The summed E-state index contributed by atoms with van der Waals surface area (Å²) in [5, 5.41) is 0. The van der Waals surface area contributed by atoms with Gasteiger partial charge in [-0.25, -0.2) is 0 Å². The van der Waals surface area contributed by atoms with Crippen LogP contribution in [0.25, 0.3) is 0 Å². The van der Waals surface area contributed by atoms with Gasteiger partial charge in [0.1, 0.15) is 5.78 Å². The third-order valence-electron chi connectivity index (χ3n) is 4.29. The second-order valence-corrected chi connectivity index (χ2v) is 6.98. The number of ketones is 1. The van der Waals surface area contributed by atoms with Crippen molar-refractivity contribution >= 4 is 5.78 Å². The lowest BCUT2D eigenvalue weighted by Gasteiger charge is -2.34. The maximum Gasteiger partial charge on any atom is 0.156 e. The first-order valence-corrected chi connectivity index (χ1v) is 7.80. The summed E-state index contributed by atoms with van der Waals surface area (Å²) in [7, 11) is 6.45. The van der Waals surface area contributed by atoms with E-state index in [1.54, 1.807) is 28.4 Å². The average molecular weight is 318 g/mol. The van der Waals surface area contributed by atoms with Gasteiger partial charge in [0.25, 0.3) is 0 Å². The molecule has 0 aliphatic carbocycles. The molecule has 5 heteroatoms. The van der Waals surface area contributed by atoms with Crippen molar-refractivity contribution in [1.82, 2.24) is 0 Å². The zero-order chi connectivity index (χ0) is 17.4. The number of Topliss-reactive ketones (excluding diaryl/α,β-unsaturated/α-hetero) is 1. The van der Waals surface area contributed by atoms with Gasteiger partial charge in [0, 0.05) is 39.3 Å². The Kier molecular flexibility index (Phi) is 9.39. The predicted molar refractivity (Wildman–Crippen MR) is 86.6 cm³/mol. The first kappa shape index (κ1) is 21.5. The van der Waals surface area contributed by atoms with Gasteiger partial charge < -0.3 is 18.9 Å². The Hall–Kier alpha value is -0.490. The van der Waals surface area contributed by atoms with Crippen molar-refractivity contribution < 1.29 is 23.7 Å². The second-order valence-electron chi connectivity index (χ2n) is 6.98. The van der Waals surface area contributed by atoms with E-state index in [1.165, 1.54) is 0 Å². The van der Waals surface area contributed by atoms with Gasteiger partial charge in [-0.3, -0.25) is 4.79 Å². The molecule has 0 N–H and O–H groups in total. The Morgan fingerprint density at radius 1 is 0.727 bits per heavy atom. The van der Waals surface area contributed by atoms with Crippen LogP contribution in [-0.4, -0.2) is 46.8 Å². The molecular formula is C17H34O5. The molecule has 0 aromatic heterocycles. The van der Waals surface area contributed by atoms with Crippen LogP contribution >= 0.6 is 0 Å². The molecule has 0 aromatic carbocycles. The molecule has 0 spiro atoms. The van der Waals surface area contributed by atoms with Crippen LogP contribution in [0.15, 0.2) is 0 Å². The summed E-state index contributed by atoms with van der Waals surface area (Å²) >= 11 is 0. The fraction of sp³-hybridized carbons (Fsp3) is 0.941. The zero-order valence-corrected chi connectivity index (χ0v) is 15.5. The largest absolute Gasteiger partial charge is 0.356 e. The molecule has 0 fully saturated rings. The van der Waals surface area contributed by atoms with Crippen LogP contribution in [0.3, 0.4) is 0 Å². The average Bonchev–Trinajstić information content (AvgIpc) is 2.48. The Morgan fingerprint density at radius 3 is 1.23 bits per heavy atom. The summed E-state index contributed by atoms with van der Waals surface area (Å²) in [6.45, 7) is 7.96. The van der Waals surface area contributed by atoms with Gasteiger partial charge in [0.05, 0.1) is 0 Å². The number of carbonyl (C=O) groups excluding carboxylic acids is 1. The van der Waals surface area contributed by atoms with E-state index in [0.29, 0.717) is 12.8 Å². The molecule has 0 heterocycles.